The molecule has 6 heteroatoms. The van der Waals surface area contributed by atoms with Gasteiger partial charge in [0.25, 0.3) is 5.69 Å². The van der Waals surface area contributed by atoms with Gasteiger partial charge in [-0.3, -0.25) is 10.1 Å². The van der Waals surface area contributed by atoms with Gasteiger partial charge >= 0.3 is 0 Å². The van der Waals surface area contributed by atoms with E-state index in [-0.39, 0.29) is 5.69 Å². The van der Waals surface area contributed by atoms with Crippen LogP contribution in [0.3, 0.4) is 0 Å². The van der Waals surface area contributed by atoms with Gasteiger partial charge in [0.15, 0.2) is 0 Å². The first-order chi connectivity index (χ1) is 11.2. The van der Waals surface area contributed by atoms with Crippen molar-refractivity contribution < 1.29 is 4.92 Å². The molecule has 0 fully saturated rings. The Hall–Kier alpha value is -2.99. The second kappa shape index (κ2) is 5.33. The zero-order valence-electron chi connectivity index (χ0n) is 11.9. The second-order valence-corrected chi connectivity index (χ2v) is 5.95. The zero-order valence-corrected chi connectivity index (χ0v) is 12.7. The molecule has 112 valence electrons. The van der Waals surface area contributed by atoms with Crippen LogP contribution in [0.2, 0.25) is 0 Å². The van der Waals surface area contributed by atoms with E-state index < -0.39 is 4.92 Å². The topological polar surface area (TPSA) is 71.8 Å². The van der Waals surface area contributed by atoms with Crippen LogP contribution in [0.15, 0.2) is 60.1 Å². The molecular formula is C17H11N3O2S. The Balaban J connectivity index is 1.77. The fourth-order valence-electron chi connectivity index (χ4n) is 2.57. The predicted octanol–water partition coefficient (Wildman–Crippen LogP) is 4.87. The summed E-state index contributed by atoms with van der Waals surface area (Å²) in [6, 6.07) is 14.6. The van der Waals surface area contributed by atoms with E-state index in [0.717, 1.165) is 32.7 Å². The van der Waals surface area contributed by atoms with Gasteiger partial charge in [0, 0.05) is 45.7 Å². The van der Waals surface area contributed by atoms with Gasteiger partial charge in [0.05, 0.1) is 10.6 Å². The molecule has 2 aromatic carbocycles. The molecule has 0 unspecified atom stereocenters. The second-order valence-electron chi connectivity index (χ2n) is 5.09. The standard InChI is InChI=1S/C17H11N3O2S/c21-20(22)12-5-3-4-11(8-12)17-19-16(10-23-17)14-9-18-15-7-2-1-6-13(14)15/h1-10,18H. The lowest BCUT2D eigenvalue weighted by atomic mass is 10.1. The molecule has 0 bridgehead atoms. The summed E-state index contributed by atoms with van der Waals surface area (Å²) in [5, 5.41) is 14.8. The van der Waals surface area contributed by atoms with Gasteiger partial charge in [-0.1, -0.05) is 30.3 Å². The summed E-state index contributed by atoms with van der Waals surface area (Å²) in [6.45, 7) is 0. The van der Waals surface area contributed by atoms with Crippen LogP contribution >= 0.6 is 11.3 Å². The molecule has 0 saturated heterocycles. The number of nitro benzene ring substituents is 1. The summed E-state index contributed by atoms with van der Waals surface area (Å²) in [5.74, 6) is 0. The number of para-hydroxylation sites is 1. The van der Waals surface area contributed by atoms with E-state index in [4.69, 9.17) is 0 Å². The van der Waals surface area contributed by atoms with E-state index in [2.05, 4.69) is 9.97 Å². The number of nitrogens with zero attached hydrogens (tertiary/aromatic N) is 2. The molecule has 2 heterocycles. The highest BCUT2D eigenvalue weighted by Gasteiger charge is 2.13. The average Bonchev–Trinajstić information content (AvgIpc) is 3.21. The maximum absolute atomic E-state index is 10.9. The van der Waals surface area contributed by atoms with Crippen LogP contribution in [0.5, 0.6) is 0 Å². The molecule has 0 saturated carbocycles. The zero-order chi connectivity index (χ0) is 15.8. The Labute approximate surface area is 135 Å². The normalized spacial score (nSPS) is 11.0. The summed E-state index contributed by atoms with van der Waals surface area (Å²) < 4.78 is 0. The minimum Gasteiger partial charge on any atom is -0.360 e. The number of hydrogen-bond acceptors (Lipinski definition) is 4. The number of nitro groups is 1. The van der Waals surface area contributed by atoms with Crippen molar-refractivity contribution in [1.29, 1.82) is 0 Å². The third-order valence-electron chi connectivity index (χ3n) is 3.67. The first kappa shape index (κ1) is 13.7. The number of thiazole rings is 1. The Kier molecular flexibility index (Phi) is 3.17. The Bertz CT molecular complexity index is 1020. The third-order valence-corrected chi connectivity index (χ3v) is 4.56. The molecule has 0 aliphatic heterocycles. The predicted molar refractivity (Wildman–Crippen MR) is 91.5 cm³/mol. The van der Waals surface area contributed by atoms with Crippen molar-refractivity contribution in [2.75, 3.05) is 0 Å². The number of hydrogen-bond donors (Lipinski definition) is 1. The lowest BCUT2D eigenvalue weighted by molar-refractivity contribution is -0.384. The van der Waals surface area contributed by atoms with E-state index >= 15 is 0 Å². The number of nitrogens with one attached hydrogen (secondary N) is 1. The molecule has 4 aromatic rings. The van der Waals surface area contributed by atoms with Gasteiger partial charge < -0.3 is 4.98 Å². The molecule has 0 spiro atoms. The quantitative estimate of drug-likeness (QED) is 0.432. The Morgan fingerprint density at radius 1 is 1.13 bits per heavy atom. The van der Waals surface area contributed by atoms with Gasteiger partial charge in [-0.2, -0.15) is 0 Å². The number of aromatic nitrogens is 2. The lowest BCUT2D eigenvalue weighted by Gasteiger charge is -1.97. The van der Waals surface area contributed by atoms with E-state index in [1.165, 1.54) is 17.4 Å². The monoisotopic (exact) mass is 321 g/mol. The fourth-order valence-corrected chi connectivity index (χ4v) is 3.38. The SMILES string of the molecule is O=[N+]([O-])c1cccc(-c2nc(-c3c[nH]c4ccccc34)cs2)c1. The van der Waals surface area contributed by atoms with Crippen LogP contribution in [-0.4, -0.2) is 14.9 Å². The number of rotatable bonds is 3. The molecule has 4 rings (SSSR count). The van der Waals surface area contributed by atoms with Gasteiger partial charge in [-0.15, -0.1) is 11.3 Å². The number of non-ortho nitro benzene ring substituents is 1. The molecule has 23 heavy (non-hydrogen) atoms. The molecule has 0 atom stereocenters. The summed E-state index contributed by atoms with van der Waals surface area (Å²) in [6.07, 6.45) is 1.94. The summed E-state index contributed by atoms with van der Waals surface area (Å²) in [7, 11) is 0. The van der Waals surface area contributed by atoms with Crippen molar-refractivity contribution in [3.8, 4) is 21.8 Å². The van der Waals surface area contributed by atoms with Crippen LogP contribution in [0.4, 0.5) is 5.69 Å². The van der Waals surface area contributed by atoms with Gasteiger partial charge in [-0.25, -0.2) is 4.98 Å². The molecule has 1 N–H and O–H groups in total. The smallest absolute Gasteiger partial charge is 0.270 e. The van der Waals surface area contributed by atoms with E-state index in [9.17, 15) is 10.1 Å². The summed E-state index contributed by atoms with van der Waals surface area (Å²) >= 11 is 1.48. The molecule has 5 nitrogen and oxygen atoms in total. The first-order valence-electron chi connectivity index (χ1n) is 6.99. The Morgan fingerprint density at radius 3 is 2.87 bits per heavy atom. The number of fused-ring (bicyclic) bond motifs is 1. The summed E-state index contributed by atoms with van der Waals surface area (Å²) in [5.41, 5.74) is 3.80. The van der Waals surface area contributed by atoms with Crippen molar-refractivity contribution in [1.82, 2.24) is 9.97 Å². The first-order valence-corrected chi connectivity index (χ1v) is 7.87. The molecule has 0 amide bonds. The van der Waals surface area contributed by atoms with E-state index in [1.807, 2.05) is 41.9 Å². The minimum absolute atomic E-state index is 0.0753. The van der Waals surface area contributed by atoms with Crippen LogP contribution in [0, 0.1) is 10.1 Å². The maximum Gasteiger partial charge on any atom is 0.270 e. The summed E-state index contributed by atoms with van der Waals surface area (Å²) in [4.78, 5) is 18.4. The third kappa shape index (κ3) is 2.39. The average molecular weight is 321 g/mol. The Morgan fingerprint density at radius 2 is 2.00 bits per heavy atom. The van der Waals surface area contributed by atoms with Crippen LogP contribution in [0.1, 0.15) is 0 Å². The molecule has 0 aliphatic rings. The van der Waals surface area contributed by atoms with Crippen molar-refractivity contribution in [2.45, 2.75) is 0 Å². The van der Waals surface area contributed by atoms with Crippen LogP contribution in [-0.2, 0) is 0 Å². The highest BCUT2D eigenvalue weighted by molar-refractivity contribution is 7.13. The molecule has 2 aromatic heterocycles. The lowest BCUT2D eigenvalue weighted by Crippen LogP contribution is -1.87. The van der Waals surface area contributed by atoms with Gasteiger partial charge in [0.2, 0.25) is 0 Å². The van der Waals surface area contributed by atoms with Crippen molar-refractivity contribution >= 4 is 27.9 Å². The van der Waals surface area contributed by atoms with Crippen molar-refractivity contribution in [3.05, 3.63) is 70.2 Å². The highest BCUT2D eigenvalue weighted by Crippen LogP contribution is 2.33. The van der Waals surface area contributed by atoms with Crippen LogP contribution < -0.4 is 0 Å². The fraction of sp³-hybridized carbons (Fsp3) is 0. The van der Waals surface area contributed by atoms with Crippen LogP contribution in [0.25, 0.3) is 32.7 Å². The highest BCUT2D eigenvalue weighted by atomic mass is 32.1. The molecule has 0 radical (unpaired) electrons. The van der Waals surface area contributed by atoms with Gasteiger partial charge in [0.1, 0.15) is 5.01 Å². The number of H-pyrrole nitrogens is 1. The van der Waals surface area contributed by atoms with E-state index in [0.29, 0.717) is 0 Å². The van der Waals surface area contributed by atoms with Gasteiger partial charge in [-0.05, 0) is 6.07 Å². The maximum atomic E-state index is 10.9. The minimum atomic E-state index is -0.391. The van der Waals surface area contributed by atoms with Crippen molar-refractivity contribution in [2.24, 2.45) is 0 Å². The molecule has 0 aliphatic carbocycles. The number of benzene rings is 2. The number of aromatic amines is 1. The van der Waals surface area contributed by atoms with E-state index in [1.54, 1.807) is 12.1 Å². The largest absolute Gasteiger partial charge is 0.360 e. The van der Waals surface area contributed by atoms with Crippen molar-refractivity contribution in [3.63, 3.8) is 0 Å². The molecular weight excluding hydrogens is 310 g/mol.